The van der Waals surface area contributed by atoms with Gasteiger partial charge < -0.3 is 10.0 Å². The molecule has 1 N–H and O–H groups in total. The Morgan fingerprint density at radius 2 is 2.00 bits per heavy atom. The fraction of sp³-hybridized carbons (Fsp3) is 0.917. The van der Waals surface area contributed by atoms with Crippen molar-refractivity contribution in [1.29, 1.82) is 0 Å². The highest BCUT2D eigenvalue weighted by atomic mass is 32.2. The van der Waals surface area contributed by atoms with Crippen LogP contribution in [0.4, 0.5) is 0 Å². The van der Waals surface area contributed by atoms with Crippen LogP contribution in [0.1, 0.15) is 32.1 Å². The summed E-state index contributed by atoms with van der Waals surface area (Å²) < 4.78 is 23.8. The van der Waals surface area contributed by atoms with Crippen molar-refractivity contribution in [3.63, 3.8) is 0 Å². The number of carbonyl (C=O) groups is 1. The van der Waals surface area contributed by atoms with Gasteiger partial charge in [0.1, 0.15) is 5.25 Å². The van der Waals surface area contributed by atoms with Gasteiger partial charge in [-0.05, 0) is 31.6 Å². The van der Waals surface area contributed by atoms with E-state index in [1.807, 2.05) is 0 Å². The molecule has 0 aromatic carbocycles. The number of sulfone groups is 1. The summed E-state index contributed by atoms with van der Waals surface area (Å²) in [4.78, 5) is 13.9. The summed E-state index contributed by atoms with van der Waals surface area (Å²) in [5, 5.41) is 8.32. The monoisotopic (exact) mass is 275 g/mol. The van der Waals surface area contributed by atoms with E-state index in [2.05, 4.69) is 0 Å². The minimum Gasteiger partial charge on any atom is -0.396 e. The molecule has 1 amide bonds. The minimum atomic E-state index is -3.25. The number of carbonyl (C=O) groups excluding carboxylic acids is 1. The van der Waals surface area contributed by atoms with Crippen LogP contribution in [0.5, 0.6) is 0 Å². The third-order valence-electron chi connectivity index (χ3n) is 3.94. The van der Waals surface area contributed by atoms with E-state index in [9.17, 15) is 13.2 Å². The van der Waals surface area contributed by atoms with Crippen molar-refractivity contribution in [2.24, 2.45) is 5.92 Å². The van der Waals surface area contributed by atoms with Crippen molar-refractivity contribution in [2.75, 3.05) is 25.4 Å². The van der Waals surface area contributed by atoms with Gasteiger partial charge in [0.15, 0.2) is 9.84 Å². The van der Waals surface area contributed by atoms with E-state index in [0.717, 1.165) is 19.3 Å². The van der Waals surface area contributed by atoms with Gasteiger partial charge in [0, 0.05) is 19.7 Å². The van der Waals surface area contributed by atoms with Crippen LogP contribution in [-0.2, 0) is 14.6 Å². The fourth-order valence-electron chi connectivity index (χ4n) is 2.85. The second-order valence-corrected chi connectivity index (χ2v) is 7.63. The Kier molecular flexibility index (Phi) is 4.27. The SMILES string of the molecule is O=C(C1CCCCS1(=O)=O)N1CCCC(CO)C1. The number of piperidine rings is 1. The lowest BCUT2D eigenvalue weighted by Crippen LogP contribution is -2.49. The molecule has 0 saturated carbocycles. The predicted octanol–water partition coefficient (Wildman–Crippen LogP) is 0.185. The molecule has 0 spiro atoms. The van der Waals surface area contributed by atoms with Crippen LogP contribution >= 0.6 is 0 Å². The predicted molar refractivity (Wildman–Crippen MR) is 67.8 cm³/mol. The van der Waals surface area contributed by atoms with Crippen LogP contribution in [0.2, 0.25) is 0 Å². The molecule has 0 radical (unpaired) electrons. The number of rotatable bonds is 2. The number of aliphatic hydroxyl groups excluding tert-OH is 1. The molecule has 2 aliphatic heterocycles. The molecule has 0 aromatic rings. The summed E-state index contributed by atoms with van der Waals surface area (Å²) in [6, 6.07) is 0. The molecule has 0 aromatic heterocycles. The van der Waals surface area contributed by atoms with E-state index >= 15 is 0 Å². The first-order valence-corrected chi connectivity index (χ1v) is 8.37. The second kappa shape index (κ2) is 5.57. The molecule has 2 atom stereocenters. The number of hydrogen-bond acceptors (Lipinski definition) is 4. The van der Waals surface area contributed by atoms with Gasteiger partial charge in [0.2, 0.25) is 5.91 Å². The molecule has 6 heteroatoms. The van der Waals surface area contributed by atoms with Gasteiger partial charge in [-0.3, -0.25) is 4.79 Å². The Bertz CT molecular complexity index is 406. The van der Waals surface area contributed by atoms with E-state index in [1.54, 1.807) is 4.90 Å². The summed E-state index contributed by atoms with van der Waals surface area (Å²) in [6.07, 6.45) is 3.71. The van der Waals surface area contributed by atoms with Crippen LogP contribution in [0.3, 0.4) is 0 Å². The maximum absolute atomic E-state index is 12.3. The van der Waals surface area contributed by atoms with Crippen molar-refractivity contribution in [3.8, 4) is 0 Å². The van der Waals surface area contributed by atoms with Crippen LogP contribution in [0.15, 0.2) is 0 Å². The van der Waals surface area contributed by atoms with Crippen molar-refractivity contribution in [1.82, 2.24) is 4.90 Å². The third kappa shape index (κ3) is 2.85. The van der Waals surface area contributed by atoms with Gasteiger partial charge in [-0.2, -0.15) is 0 Å². The molecule has 18 heavy (non-hydrogen) atoms. The molecule has 2 heterocycles. The molecule has 2 unspecified atom stereocenters. The Morgan fingerprint density at radius 3 is 2.67 bits per heavy atom. The topological polar surface area (TPSA) is 74.7 Å². The lowest BCUT2D eigenvalue weighted by Gasteiger charge is -2.35. The second-order valence-electron chi connectivity index (χ2n) is 5.33. The standard InChI is InChI=1S/C12H21NO4S/c14-9-10-4-3-6-13(8-10)12(15)11-5-1-2-7-18(11,16)17/h10-11,14H,1-9H2. The average Bonchev–Trinajstić information content (AvgIpc) is 2.37. The van der Waals surface area contributed by atoms with Crippen molar-refractivity contribution < 1.29 is 18.3 Å². The zero-order valence-electron chi connectivity index (χ0n) is 10.5. The molecule has 104 valence electrons. The lowest BCUT2D eigenvalue weighted by atomic mass is 9.98. The number of hydrogen-bond donors (Lipinski definition) is 1. The first-order chi connectivity index (χ1) is 8.54. The highest BCUT2D eigenvalue weighted by Gasteiger charge is 2.38. The highest BCUT2D eigenvalue weighted by molar-refractivity contribution is 7.92. The maximum Gasteiger partial charge on any atom is 0.240 e. The number of aliphatic hydroxyl groups is 1. The highest BCUT2D eigenvalue weighted by Crippen LogP contribution is 2.24. The van der Waals surface area contributed by atoms with Gasteiger partial charge in [-0.25, -0.2) is 8.42 Å². The minimum absolute atomic E-state index is 0.0706. The number of amides is 1. The molecule has 2 aliphatic rings. The van der Waals surface area contributed by atoms with Crippen LogP contribution in [-0.4, -0.2) is 55.0 Å². The molecule has 2 saturated heterocycles. The summed E-state index contributed by atoms with van der Waals surface area (Å²) >= 11 is 0. The molecular weight excluding hydrogens is 254 g/mol. The zero-order valence-corrected chi connectivity index (χ0v) is 11.4. The van der Waals surface area contributed by atoms with Crippen molar-refractivity contribution in [2.45, 2.75) is 37.4 Å². The molecular formula is C12H21NO4S. The summed E-state index contributed by atoms with van der Waals surface area (Å²) in [6.45, 7) is 1.20. The Morgan fingerprint density at radius 1 is 1.22 bits per heavy atom. The zero-order chi connectivity index (χ0) is 13.2. The summed E-state index contributed by atoms with van der Waals surface area (Å²) in [5.74, 6) is 0.00238. The van der Waals surface area contributed by atoms with Gasteiger partial charge in [-0.1, -0.05) is 6.42 Å². The molecule has 2 rings (SSSR count). The summed E-state index contributed by atoms with van der Waals surface area (Å²) in [5.41, 5.74) is 0. The average molecular weight is 275 g/mol. The third-order valence-corrected chi connectivity index (χ3v) is 6.10. The van der Waals surface area contributed by atoms with E-state index < -0.39 is 15.1 Å². The Balaban J connectivity index is 2.06. The van der Waals surface area contributed by atoms with E-state index in [4.69, 9.17) is 5.11 Å². The van der Waals surface area contributed by atoms with Gasteiger partial charge >= 0.3 is 0 Å². The van der Waals surface area contributed by atoms with Gasteiger partial charge in [0.25, 0.3) is 0 Å². The number of nitrogens with zero attached hydrogens (tertiary/aromatic N) is 1. The number of likely N-dealkylation sites (tertiary alicyclic amines) is 1. The smallest absolute Gasteiger partial charge is 0.240 e. The molecule has 2 fully saturated rings. The fourth-order valence-corrected chi connectivity index (χ4v) is 4.72. The molecule has 0 aliphatic carbocycles. The Hall–Kier alpha value is -0.620. The molecule has 5 nitrogen and oxygen atoms in total. The van der Waals surface area contributed by atoms with Crippen LogP contribution in [0, 0.1) is 5.92 Å². The lowest BCUT2D eigenvalue weighted by molar-refractivity contribution is -0.133. The van der Waals surface area contributed by atoms with Crippen LogP contribution in [0.25, 0.3) is 0 Å². The van der Waals surface area contributed by atoms with Crippen molar-refractivity contribution >= 4 is 15.7 Å². The van der Waals surface area contributed by atoms with Gasteiger partial charge in [-0.15, -0.1) is 0 Å². The normalized spacial score (nSPS) is 32.2. The first-order valence-electron chi connectivity index (χ1n) is 6.66. The molecule has 0 bridgehead atoms. The van der Waals surface area contributed by atoms with Crippen LogP contribution < -0.4 is 0 Å². The van der Waals surface area contributed by atoms with E-state index in [-0.39, 0.29) is 24.2 Å². The first kappa shape index (κ1) is 13.8. The maximum atomic E-state index is 12.3. The van der Waals surface area contributed by atoms with Gasteiger partial charge in [0.05, 0.1) is 5.75 Å². The van der Waals surface area contributed by atoms with Crippen molar-refractivity contribution in [3.05, 3.63) is 0 Å². The largest absolute Gasteiger partial charge is 0.396 e. The van der Waals surface area contributed by atoms with E-state index in [0.29, 0.717) is 25.9 Å². The summed E-state index contributed by atoms with van der Waals surface area (Å²) in [7, 11) is -3.25. The quantitative estimate of drug-likeness (QED) is 0.780. The van der Waals surface area contributed by atoms with E-state index in [1.165, 1.54) is 0 Å². The Labute approximate surface area is 108 Å².